The molecular weight excluding hydrogens is 400 g/mol. The molecule has 7 nitrogen and oxygen atoms in total. The summed E-state index contributed by atoms with van der Waals surface area (Å²) in [6, 6.07) is 11.9. The molecule has 0 unspecified atom stereocenters. The summed E-state index contributed by atoms with van der Waals surface area (Å²) in [5.41, 5.74) is 2.97. The Morgan fingerprint density at radius 3 is 2.32 bits per heavy atom. The van der Waals surface area contributed by atoms with E-state index in [2.05, 4.69) is 20.2 Å². The molecule has 1 amide bonds. The fourth-order valence-electron chi connectivity index (χ4n) is 2.56. The third kappa shape index (κ3) is 4.18. The molecule has 1 heterocycles. The molecule has 0 atom stereocenters. The van der Waals surface area contributed by atoms with E-state index < -0.39 is 15.9 Å². The van der Waals surface area contributed by atoms with Gasteiger partial charge in [0.1, 0.15) is 5.56 Å². The number of anilines is 2. The fraction of sp³-hybridized carbons (Fsp3) is 0.158. The van der Waals surface area contributed by atoms with Crippen LogP contribution in [0.15, 0.2) is 47.5 Å². The zero-order valence-electron chi connectivity index (χ0n) is 15.5. The first-order chi connectivity index (χ1) is 13.2. The van der Waals surface area contributed by atoms with Gasteiger partial charge in [0.15, 0.2) is 0 Å². The van der Waals surface area contributed by atoms with Crippen LogP contribution in [0.5, 0.6) is 0 Å². The van der Waals surface area contributed by atoms with Gasteiger partial charge in [-0.15, -0.1) is 0 Å². The monoisotopic (exact) mass is 418 g/mol. The van der Waals surface area contributed by atoms with Crippen molar-refractivity contribution in [2.75, 3.05) is 10.0 Å². The molecule has 0 aliphatic heterocycles. The van der Waals surface area contributed by atoms with E-state index in [1.54, 1.807) is 49.4 Å². The zero-order valence-corrected chi connectivity index (χ0v) is 17.1. The molecule has 3 N–H and O–H groups in total. The number of nitrogens with one attached hydrogen (secondary N) is 3. The van der Waals surface area contributed by atoms with Crippen molar-refractivity contribution >= 4 is 38.9 Å². The molecular formula is C19H19ClN4O3S. The molecule has 0 bridgehead atoms. The highest BCUT2D eigenvalue weighted by molar-refractivity contribution is 7.92. The lowest BCUT2D eigenvalue weighted by atomic mass is 10.2. The summed E-state index contributed by atoms with van der Waals surface area (Å²) in [5, 5.41) is 9.19. The number of carbonyl (C=O) groups excluding carboxylic acids is 1. The SMILES string of the molecule is Cc1ccc(NS(=O)(=O)c2n[nH]c(C)c2C(=O)Nc2ccc(C)c(Cl)c2)cc1. The highest BCUT2D eigenvalue weighted by Crippen LogP contribution is 2.24. The predicted molar refractivity (Wildman–Crippen MR) is 109 cm³/mol. The summed E-state index contributed by atoms with van der Waals surface area (Å²) in [7, 11) is -4.07. The molecule has 3 rings (SSSR count). The number of rotatable bonds is 5. The summed E-state index contributed by atoms with van der Waals surface area (Å²) < 4.78 is 28.0. The van der Waals surface area contributed by atoms with Crippen molar-refractivity contribution in [1.29, 1.82) is 0 Å². The Morgan fingerprint density at radius 1 is 1.04 bits per heavy atom. The number of nitrogens with zero attached hydrogens (tertiary/aromatic N) is 1. The summed E-state index contributed by atoms with van der Waals surface area (Å²) in [4.78, 5) is 12.8. The van der Waals surface area contributed by atoms with Crippen molar-refractivity contribution < 1.29 is 13.2 Å². The average molecular weight is 419 g/mol. The number of hydrogen-bond acceptors (Lipinski definition) is 4. The summed E-state index contributed by atoms with van der Waals surface area (Å²) in [5.74, 6) is -0.601. The minimum absolute atomic E-state index is 0.0590. The van der Waals surface area contributed by atoms with Crippen LogP contribution in [0.25, 0.3) is 0 Å². The van der Waals surface area contributed by atoms with Crippen molar-refractivity contribution in [3.63, 3.8) is 0 Å². The van der Waals surface area contributed by atoms with Crippen LogP contribution < -0.4 is 10.0 Å². The molecule has 0 aliphatic rings. The van der Waals surface area contributed by atoms with Crippen LogP contribution in [0, 0.1) is 20.8 Å². The largest absolute Gasteiger partial charge is 0.322 e. The third-order valence-electron chi connectivity index (χ3n) is 4.13. The second-order valence-electron chi connectivity index (χ2n) is 6.42. The summed E-state index contributed by atoms with van der Waals surface area (Å²) in [6.45, 7) is 5.32. The molecule has 0 aliphatic carbocycles. The van der Waals surface area contributed by atoms with Crippen molar-refractivity contribution in [3.05, 3.63) is 69.9 Å². The Kier molecular flexibility index (Phi) is 5.44. The Balaban J connectivity index is 1.90. The van der Waals surface area contributed by atoms with Gasteiger partial charge in [-0.25, -0.2) is 0 Å². The van der Waals surface area contributed by atoms with Crippen LogP contribution >= 0.6 is 11.6 Å². The van der Waals surface area contributed by atoms with Crippen LogP contribution in [0.4, 0.5) is 11.4 Å². The van der Waals surface area contributed by atoms with Gasteiger partial charge in [-0.3, -0.25) is 14.6 Å². The smallest absolute Gasteiger partial charge is 0.282 e. The number of H-pyrrole nitrogens is 1. The van der Waals surface area contributed by atoms with Crippen LogP contribution in [0.1, 0.15) is 27.2 Å². The van der Waals surface area contributed by atoms with Crippen LogP contribution in [-0.2, 0) is 10.0 Å². The van der Waals surface area contributed by atoms with Gasteiger partial charge >= 0.3 is 0 Å². The lowest BCUT2D eigenvalue weighted by Crippen LogP contribution is -2.20. The Morgan fingerprint density at radius 2 is 1.68 bits per heavy atom. The van der Waals surface area contributed by atoms with E-state index >= 15 is 0 Å². The molecule has 28 heavy (non-hydrogen) atoms. The van der Waals surface area contributed by atoms with E-state index in [-0.39, 0.29) is 10.6 Å². The molecule has 1 aromatic heterocycles. The average Bonchev–Trinajstić information content (AvgIpc) is 3.03. The van der Waals surface area contributed by atoms with Gasteiger partial charge in [0, 0.05) is 22.1 Å². The van der Waals surface area contributed by atoms with E-state index in [4.69, 9.17) is 11.6 Å². The minimum atomic E-state index is -4.07. The molecule has 9 heteroatoms. The Bertz CT molecular complexity index is 1140. The molecule has 2 aromatic carbocycles. The van der Waals surface area contributed by atoms with Gasteiger partial charge in [-0.1, -0.05) is 35.4 Å². The number of aromatic amines is 1. The highest BCUT2D eigenvalue weighted by atomic mass is 35.5. The first-order valence-corrected chi connectivity index (χ1v) is 10.3. The van der Waals surface area contributed by atoms with Gasteiger partial charge < -0.3 is 5.32 Å². The lowest BCUT2D eigenvalue weighted by Gasteiger charge is -2.10. The van der Waals surface area contributed by atoms with Crippen molar-refractivity contribution in [2.45, 2.75) is 25.8 Å². The first kappa shape index (κ1) is 19.9. The van der Waals surface area contributed by atoms with Crippen molar-refractivity contribution in [3.8, 4) is 0 Å². The second kappa shape index (κ2) is 7.65. The molecule has 0 spiro atoms. The quantitative estimate of drug-likeness (QED) is 0.581. The number of amides is 1. The molecule has 0 saturated heterocycles. The molecule has 146 valence electrons. The number of halogens is 1. The molecule has 0 saturated carbocycles. The van der Waals surface area contributed by atoms with E-state index in [9.17, 15) is 13.2 Å². The maximum absolute atomic E-state index is 12.8. The van der Waals surface area contributed by atoms with Gasteiger partial charge in [0.2, 0.25) is 5.03 Å². The number of carbonyl (C=O) groups is 1. The lowest BCUT2D eigenvalue weighted by molar-refractivity contribution is 0.102. The first-order valence-electron chi connectivity index (χ1n) is 8.39. The van der Waals surface area contributed by atoms with E-state index in [1.165, 1.54) is 0 Å². The molecule has 3 aromatic rings. The van der Waals surface area contributed by atoms with Gasteiger partial charge in [-0.05, 0) is 50.6 Å². The van der Waals surface area contributed by atoms with Crippen molar-refractivity contribution in [1.82, 2.24) is 10.2 Å². The van der Waals surface area contributed by atoms with Gasteiger partial charge in [0.05, 0.1) is 0 Å². The van der Waals surface area contributed by atoms with E-state index in [0.717, 1.165) is 11.1 Å². The second-order valence-corrected chi connectivity index (χ2v) is 8.42. The summed E-state index contributed by atoms with van der Waals surface area (Å²) in [6.07, 6.45) is 0. The van der Waals surface area contributed by atoms with E-state index in [0.29, 0.717) is 22.1 Å². The number of sulfonamides is 1. The number of aryl methyl sites for hydroxylation is 3. The Labute approximate surface area is 168 Å². The minimum Gasteiger partial charge on any atom is -0.322 e. The molecule has 0 radical (unpaired) electrons. The maximum Gasteiger partial charge on any atom is 0.282 e. The third-order valence-corrected chi connectivity index (χ3v) is 5.85. The maximum atomic E-state index is 12.8. The van der Waals surface area contributed by atoms with Crippen molar-refractivity contribution in [2.24, 2.45) is 0 Å². The van der Waals surface area contributed by atoms with E-state index in [1.807, 2.05) is 13.8 Å². The van der Waals surface area contributed by atoms with Crippen LogP contribution in [0.2, 0.25) is 5.02 Å². The highest BCUT2D eigenvalue weighted by Gasteiger charge is 2.28. The Hall–Kier alpha value is -2.84. The molecule has 0 fully saturated rings. The number of hydrogen-bond donors (Lipinski definition) is 3. The standard InChI is InChI=1S/C19H19ClN4O3S/c1-11-4-7-14(8-5-11)24-28(26,27)19-17(13(3)22-23-19)18(25)21-15-9-6-12(2)16(20)10-15/h4-10,24H,1-3H3,(H,21,25)(H,22,23). The van der Waals surface area contributed by atoms with Crippen LogP contribution in [-0.4, -0.2) is 24.5 Å². The summed E-state index contributed by atoms with van der Waals surface area (Å²) >= 11 is 6.08. The number of aromatic nitrogens is 2. The normalized spacial score (nSPS) is 11.3. The number of benzene rings is 2. The topological polar surface area (TPSA) is 104 Å². The van der Waals surface area contributed by atoms with Crippen LogP contribution in [0.3, 0.4) is 0 Å². The predicted octanol–water partition coefficient (Wildman–Crippen LogP) is 4.04. The van der Waals surface area contributed by atoms with Gasteiger partial charge in [0.25, 0.3) is 15.9 Å². The zero-order chi connectivity index (χ0) is 20.5. The fourth-order valence-corrected chi connectivity index (χ4v) is 3.96. The van der Waals surface area contributed by atoms with Gasteiger partial charge in [-0.2, -0.15) is 13.5 Å².